The lowest BCUT2D eigenvalue weighted by Crippen LogP contribution is -2.29. The highest BCUT2D eigenvalue weighted by atomic mass is 35.5. The van der Waals surface area contributed by atoms with Crippen molar-refractivity contribution in [2.75, 3.05) is 13.1 Å². The largest absolute Gasteiger partial charge is 0.310 e. The van der Waals surface area contributed by atoms with Crippen molar-refractivity contribution in [3.05, 3.63) is 28.8 Å². The summed E-state index contributed by atoms with van der Waals surface area (Å²) >= 11 is 6.14. The van der Waals surface area contributed by atoms with Crippen LogP contribution in [0.2, 0.25) is 5.02 Å². The van der Waals surface area contributed by atoms with Gasteiger partial charge in [-0.2, -0.15) is 4.31 Å². The second kappa shape index (κ2) is 5.88. The van der Waals surface area contributed by atoms with Crippen LogP contribution in [0.4, 0.5) is 0 Å². The fourth-order valence-electron chi connectivity index (χ4n) is 2.66. The summed E-state index contributed by atoms with van der Waals surface area (Å²) in [5.74, 6) is 0.415. The Kier molecular flexibility index (Phi) is 4.28. The summed E-state index contributed by atoms with van der Waals surface area (Å²) < 4.78 is 27.0. The zero-order valence-corrected chi connectivity index (χ0v) is 13.8. The number of hydrogen-bond acceptors (Lipinski definition) is 3. The van der Waals surface area contributed by atoms with Gasteiger partial charge in [-0.3, -0.25) is 0 Å². The maximum atomic E-state index is 12.7. The van der Waals surface area contributed by atoms with E-state index in [2.05, 4.69) is 12.2 Å². The summed E-state index contributed by atoms with van der Waals surface area (Å²) in [5.41, 5.74) is 0.970. The van der Waals surface area contributed by atoms with Crippen molar-refractivity contribution >= 4 is 21.6 Å². The zero-order valence-electron chi connectivity index (χ0n) is 12.2. The summed E-state index contributed by atoms with van der Waals surface area (Å²) in [4.78, 5) is 0.244. The number of rotatable bonds is 5. The van der Waals surface area contributed by atoms with Crippen LogP contribution in [0, 0.1) is 5.92 Å². The highest BCUT2D eigenvalue weighted by Crippen LogP contribution is 2.29. The SMILES string of the molecule is CC1CCN(S(=O)(=O)c2cc(CNC3CC3)ccc2Cl)C1. The Morgan fingerprint density at radius 3 is 2.71 bits per heavy atom. The molecule has 1 atom stereocenters. The van der Waals surface area contributed by atoms with Gasteiger partial charge >= 0.3 is 0 Å². The lowest BCUT2D eigenvalue weighted by Gasteiger charge is -2.17. The predicted molar refractivity (Wildman–Crippen MR) is 83.9 cm³/mol. The van der Waals surface area contributed by atoms with Crippen LogP contribution in [0.25, 0.3) is 0 Å². The molecule has 1 saturated carbocycles. The molecular formula is C15H21ClN2O2S. The standard InChI is InChI=1S/C15H21ClN2O2S/c1-11-6-7-18(10-11)21(19,20)15-8-12(2-5-14(15)16)9-17-13-3-4-13/h2,5,8,11,13,17H,3-4,6-7,9-10H2,1H3. The Hall–Kier alpha value is -0.620. The van der Waals surface area contributed by atoms with E-state index in [0.29, 0.717) is 36.6 Å². The molecule has 0 spiro atoms. The first kappa shape index (κ1) is 15.3. The number of halogens is 1. The van der Waals surface area contributed by atoms with Gasteiger partial charge < -0.3 is 5.32 Å². The van der Waals surface area contributed by atoms with Crippen LogP contribution in [0.3, 0.4) is 0 Å². The van der Waals surface area contributed by atoms with Crippen molar-refractivity contribution in [2.24, 2.45) is 5.92 Å². The Morgan fingerprint density at radius 2 is 2.10 bits per heavy atom. The number of sulfonamides is 1. The van der Waals surface area contributed by atoms with E-state index in [9.17, 15) is 8.42 Å². The molecule has 0 amide bonds. The second-order valence-electron chi connectivity index (χ2n) is 6.18. The Balaban J connectivity index is 1.83. The molecule has 21 heavy (non-hydrogen) atoms. The molecule has 0 radical (unpaired) electrons. The molecule has 1 aromatic rings. The minimum Gasteiger partial charge on any atom is -0.310 e. The third-order valence-electron chi connectivity index (χ3n) is 4.17. The lowest BCUT2D eigenvalue weighted by atomic mass is 10.2. The maximum absolute atomic E-state index is 12.7. The smallest absolute Gasteiger partial charge is 0.244 e. The minimum atomic E-state index is -3.47. The molecule has 1 aliphatic heterocycles. The van der Waals surface area contributed by atoms with Crippen LogP contribution in [0.5, 0.6) is 0 Å². The lowest BCUT2D eigenvalue weighted by molar-refractivity contribution is 0.464. The third-order valence-corrected chi connectivity index (χ3v) is 6.52. The minimum absolute atomic E-state index is 0.244. The van der Waals surface area contributed by atoms with Crippen molar-refractivity contribution in [2.45, 2.75) is 43.7 Å². The Bertz CT molecular complexity index is 629. The number of nitrogens with one attached hydrogen (secondary N) is 1. The van der Waals surface area contributed by atoms with Crippen molar-refractivity contribution < 1.29 is 8.42 Å². The van der Waals surface area contributed by atoms with E-state index in [4.69, 9.17) is 11.6 Å². The molecule has 1 heterocycles. The summed E-state index contributed by atoms with van der Waals surface area (Å²) in [7, 11) is -3.47. The van der Waals surface area contributed by atoms with Crippen LogP contribution >= 0.6 is 11.6 Å². The topological polar surface area (TPSA) is 49.4 Å². The van der Waals surface area contributed by atoms with E-state index in [1.807, 2.05) is 6.07 Å². The fraction of sp³-hybridized carbons (Fsp3) is 0.600. The van der Waals surface area contributed by atoms with E-state index in [0.717, 1.165) is 12.0 Å². The highest BCUT2D eigenvalue weighted by Gasteiger charge is 2.32. The van der Waals surface area contributed by atoms with Crippen molar-refractivity contribution in [3.63, 3.8) is 0 Å². The molecule has 1 aliphatic carbocycles. The fourth-order valence-corrected chi connectivity index (χ4v) is 4.76. The number of nitrogens with zero attached hydrogens (tertiary/aromatic N) is 1. The van der Waals surface area contributed by atoms with Gasteiger partial charge in [0.1, 0.15) is 4.90 Å². The molecule has 1 N–H and O–H groups in total. The maximum Gasteiger partial charge on any atom is 0.244 e. The summed E-state index contributed by atoms with van der Waals surface area (Å²) in [6, 6.07) is 5.90. The van der Waals surface area contributed by atoms with Gasteiger partial charge in [0, 0.05) is 25.7 Å². The van der Waals surface area contributed by atoms with Gasteiger partial charge in [-0.1, -0.05) is 24.6 Å². The molecule has 2 aliphatic rings. The molecule has 1 aromatic carbocycles. The van der Waals surface area contributed by atoms with Gasteiger partial charge in [0.05, 0.1) is 5.02 Å². The molecule has 6 heteroatoms. The van der Waals surface area contributed by atoms with Gasteiger partial charge in [-0.15, -0.1) is 0 Å². The van der Waals surface area contributed by atoms with E-state index < -0.39 is 10.0 Å². The van der Waals surface area contributed by atoms with Gasteiger partial charge in [-0.25, -0.2) is 8.42 Å². The van der Waals surface area contributed by atoms with Crippen molar-refractivity contribution in [3.8, 4) is 0 Å². The van der Waals surface area contributed by atoms with Crippen molar-refractivity contribution in [1.29, 1.82) is 0 Å². The first-order chi connectivity index (χ1) is 9.96. The molecule has 116 valence electrons. The molecule has 3 rings (SSSR count). The predicted octanol–water partition coefficient (Wildman–Crippen LogP) is 2.62. The van der Waals surface area contributed by atoms with E-state index in [1.54, 1.807) is 16.4 Å². The Labute approximate surface area is 131 Å². The molecular weight excluding hydrogens is 308 g/mol. The van der Waals surface area contributed by atoms with Crippen molar-refractivity contribution in [1.82, 2.24) is 9.62 Å². The molecule has 2 fully saturated rings. The van der Waals surface area contributed by atoms with Gasteiger partial charge in [0.2, 0.25) is 10.0 Å². The van der Waals surface area contributed by atoms with E-state index >= 15 is 0 Å². The molecule has 4 nitrogen and oxygen atoms in total. The second-order valence-corrected chi connectivity index (χ2v) is 8.49. The van der Waals surface area contributed by atoms with Gasteiger partial charge in [-0.05, 0) is 42.9 Å². The quantitative estimate of drug-likeness (QED) is 0.904. The van der Waals surface area contributed by atoms with Crippen LogP contribution < -0.4 is 5.32 Å². The van der Waals surface area contributed by atoms with Crippen LogP contribution in [0.15, 0.2) is 23.1 Å². The zero-order chi connectivity index (χ0) is 15.0. The summed E-state index contributed by atoms with van der Waals surface area (Å²) in [6.45, 7) is 3.95. The van der Waals surface area contributed by atoms with E-state index in [1.165, 1.54) is 12.8 Å². The van der Waals surface area contributed by atoms with E-state index in [-0.39, 0.29) is 4.90 Å². The first-order valence-corrected chi connectivity index (χ1v) is 9.30. The number of hydrogen-bond donors (Lipinski definition) is 1. The molecule has 0 aromatic heterocycles. The first-order valence-electron chi connectivity index (χ1n) is 7.49. The molecule has 0 bridgehead atoms. The summed E-state index contributed by atoms with van der Waals surface area (Å²) in [5, 5.41) is 3.71. The normalized spacial score (nSPS) is 23.6. The monoisotopic (exact) mass is 328 g/mol. The van der Waals surface area contributed by atoms with Gasteiger partial charge in [0.15, 0.2) is 0 Å². The van der Waals surface area contributed by atoms with Crippen LogP contribution in [0.1, 0.15) is 31.7 Å². The third kappa shape index (κ3) is 3.42. The summed E-state index contributed by atoms with van der Waals surface area (Å²) in [6.07, 6.45) is 3.34. The molecule has 1 unspecified atom stereocenters. The van der Waals surface area contributed by atoms with Crippen LogP contribution in [-0.2, 0) is 16.6 Å². The molecule has 1 saturated heterocycles. The Morgan fingerprint density at radius 1 is 1.33 bits per heavy atom. The average molecular weight is 329 g/mol. The highest BCUT2D eigenvalue weighted by molar-refractivity contribution is 7.89. The van der Waals surface area contributed by atoms with Crippen LogP contribution in [-0.4, -0.2) is 31.9 Å². The number of benzene rings is 1. The average Bonchev–Trinajstić information content (AvgIpc) is 3.17. The van der Waals surface area contributed by atoms with Gasteiger partial charge in [0.25, 0.3) is 0 Å².